The van der Waals surface area contributed by atoms with E-state index in [0.29, 0.717) is 34.3 Å². The van der Waals surface area contributed by atoms with Crippen LogP contribution in [0, 0.1) is 10.8 Å². The van der Waals surface area contributed by atoms with Crippen molar-refractivity contribution < 1.29 is 19.1 Å². The number of carbonyl (C=O) groups is 3. The summed E-state index contributed by atoms with van der Waals surface area (Å²) in [5, 5.41) is 6.55. The number of ether oxygens (including phenoxy) is 1. The van der Waals surface area contributed by atoms with Crippen molar-refractivity contribution >= 4 is 52.1 Å². The van der Waals surface area contributed by atoms with Gasteiger partial charge < -0.3 is 10.1 Å². The summed E-state index contributed by atoms with van der Waals surface area (Å²) in [5.74, 6) is -0.546. The molecule has 0 aliphatic heterocycles. The first-order valence-electron chi connectivity index (χ1n) is 12.0. The molecule has 3 aromatic rings. The SMILES string of the molecule is COC(=O)c1ccc(CCc2ccc3nc(NC(=O)C(C)(C)C)nc(NC(=O)C(C)(C)C)c3c2Cl)cc1. The highest BCUT2D eigenvalue weighted by atomic mass is 35.5. The molecule has 0 saturated heterocycles. The molecule has 0 radical (unpaired) electrons. The molecular weight excluding hydrogens is 492 g/mol. The van der Waals surface area contributed by atoms with Crippen LogP contribution in [0.15, 0.2) is 36.4 Å². The maximum Gasteiger partial charge on any atom is 0.337 e. The Morgan fingerprint density at radius 1 is 0.838 bits per heavy atom. The smallest absolute Gasteiger partial charge is 0.337 e. The Labute approximate surface area is 222 Å². The molecule has 3 rings (SSSR count). The van der Waals surface area contributed by atoms with Crippen LogP contribution in [0.5, 0.6) is 0 Å². The third-order valence-electron chi connectivity index (χ3n) is 5.76. The van der Waals surface area contributed by atoms with Crippen LogP contribution < -0.4 is 10.6 Å². The molecule has 196 valence electrons. The van der Waals surface area contributed by atoms with Crippen LogP contribution in [0.2, 0.25) is 5.02 Å². The van der Waals surface area contributed by atoms with Gasteiger partial charge in [0.25, 0.3) is 0 Å². The normalized spacial score (nSPS) is 11.8. The number of methoxy groups -OCH3 is 1. The Hall–Kier alpha value is -3.52. The zero-order chi connectivity index (χ0) is 27.5. The summed E-state index contributed by atoms with van der Waals surface area (Å²) in [7, 11) is 1.35. The Morgan fingerprint density at radius 2 is 1.43 bits per heavy atom. The second-order valence-corrected chi connectivity index (χ2v) is 11.3. The molecule has 9 heteroatoms. The highest BCUT2D eigenvalue weighted by Gasteiger charge is 2.26. The van der Waals surface area contributed by atoms with E-state index in [4.69, 9.17) is 16.3 Å². The molecule has 0 bridgehead atoms. The first-order valence-corrected chi connectivity index (χ1v) is 12.4. The van der Waals surface area contributed by atoms with E-state index in [1.54, 1.807) is 59.7 Å². The van der Waals surface area contributed by atoms with Crippen LogP contribution in [-0.4, -0.2) is 34.9 Å². The number of benzene rings is 2. The number of aromatic nitrogens is 2. The minimum absolute atomic E-state index is 0.0890. The van der Waals surface area contributed by atoms with Crippen molar-refractivity contribution in [1.82, 2.24) is 9.97 Å². The molecule has 0 unspecified atom stereocenters. The third-order valence-corrected chi connectivity index (χ3v) is 6.19. The van der Waals surface area contributed by atoms with Gasteiger partial charge in [-0.15, -0.1) is 0 Å². The van der Waals surface area contributed by atoms with Gasteiger partial charge >= 0.3 is 5.97 Å². The molecule has 0 atom stereocenters. The largest absolute Gasteiger partial charge is 0.465 e. The topological polar surface area (TPSA) is 110 Å². The van der Waals surface area contributed by atoms with Crippen LogP contribution in [-0.2, 0) is 27.2 Å². The number of hydrogen-bond acceptors (Lipinski definition) is 6. The molecule has 1 heterocycles. The summed E-state index contributed by atoms with van der Waals surface area (Å²) >= 11 is 6.85. The predicted octanol–water partition coefficient (Wildman–Crippen LogP) is 5.82. The molecule has 0 fully saturated rings. The molecule has 0 aliphatic carbocycles. The number of aryl methyl sites for hydroxylation is 2. The lowest BCUT2D eigenvalue weighted by Crippen LogP contribution is -2.30. The fraction of sp³-hybridized carbons (Fsp3) is 0.393. The molecule has 0 saturated carbocycles. The van der Waals surface area contributed by atoms with Crippen molar-refractivity contribution in [1.29, 1.82) is 0 Å². The minimum Gasteiger partial charge on any atom is -0.465 e. The molecule has 8 nitrogen and oxygen atoms in total. The molecule has 0 spiro atoms. The fourth-order valence-electron chi connectivity index (χ4n) is 3.36. The molecule has 2 N–H and O–H groups in total. The van der Waals surface area contributed by atoms with Crippen LogP contribution in [0.3, 0.4) is 0 Å². The summed E-state index contributed by atoms with van der Waals surface area (Å²) in [6.45, 7) is 10.8. The van der Waals surface area contributed by atoms with Crippen LogP contribution >= 0.6 is 11.6 Å². The van der Waals surface area contributed by atoms with Crippen molar-refractivity contribution in [2.45, 2.75) is 54.4 Å². The maximum absolute atomic E-state index is 12.8. The molecule has 0 aliphatic rings. The summed E-state index contributed by atoms with van der Waals surface area (Å²) in [6.07, 6.45) is 1.29. The Balaban J connectivity index is 1.97. The van der Waals surface area contributed by atoms with E-state index >= 15 is 0 Å². The zero-order valence-electron chi connectivity index (χ0n) is 22.3. The summed E-state index contributed by atoms with van der Waals surface area (Å²) in [6, 6.07) is 10.9. The van der Waals surface area contributed by atoms with E-state index in [9.17, 15) is 14.4 Å². The van der Waals surface area contributed by atoms with Crippen LogP contribution in [0.4, 0.5) is 11.8 Å². The van der Waals surface area contributed by atoms with Gasteiger partial charge in [0.15, 0.2) is 0 Å². The van der Waals surface area contributed by atoms with Gasteiger partial charge in [-0.2, -0.15) is 4.98 Å². The molecular formula is C28H33ClN4O4. The Kier molecular flexibility index (Phi) is 8.22. The molecule has 2 aromatic carbocycles. The number of halogens is 1. The predicted molar refractivity (Wildman–Crippen MR) is 146 cm³/mol. The van der Waals surface area contributed by atoms with Crippen molar-refractivity contribution in [3.05, 3.63) is 58.1 Å². The number of esters is 1. The lowest BCUT2D eigenvalue weighted by molar-refractivity contribution is -0.123. The number of fused-ring (bicyclic) bond motifs is 1. The number of nitrogens with one attached hydrogen (secondary N) is 2. The summed E-state index contributed by atoms with van der Waals surface area (Å²) in [5.41, 5.74) is 1.55. The number of anilines is 2. The van der Waals surface area contributed by atoms with E-state index in [2.05, 4.69) is 20.6 Å². The number of carbonyl (C=O) groups excluding carboxylic acids is 3. The minimum atomic E-state index is -0.674. The van der Waals surface area contributed by atoms with E-state index in [-0.39, 0.29) is 29.5 Å². The number of amides is 2. The average Bonchev–Trinajstić information content (AvgIpc) is 2.82. The van der Waals surface area contributed by atoms with Crippen LogP contribution in [0.25, 0.3) is 10.9 Å². The van der Waals surface area contributed by atoms with Gasteiger partial charge in [0, 0.05) is 10.8 Å². The van der Waals surface area contributed by atoms with Gasteiger partial charge in [-0.1, -0.05) is 71.3 Å². The number of hydrogen-bond donors (Lipinski definition) is 2. The van der Waals surface area contributed by atoms with Gasteiger partial charge in [0.05, 0.1) is 28.6 Å². The lowest BCUT2D eigenvalue weighted by atomic mass is 9.95. The van der Waals surface area contributed by atoms with Gasteiger partial charge in [-0.25, -0.2) is 9.78 Å². The molecule has 2 amide bonds. The van der Waals surface area contributed by atoms with E-state index in [1.165, 1.54) is 7.11 Å². The monoisotopic (exact) mass is 524 g/mol. The van der Waals surface area contributed by atoms with Crippen molar-refractivity contribution in [2.24, 2.45) is 10.8 Å². The second kappa shape index (κ2) is 10.8. The summed E-state index contributed by atoms with van der Waals surface area (Å²) in [4.78, 5) is 46.0. The fourth-order valence-corrected chi connectivity index (χ4v) is 3.70. The zero-order valence-corrected chi connectivity index (χ0v) is 23.0. The quantitative estimate of drug-likeness (QED) is 0.393. The first-order chi connectivity index (χ1) is 17.2. The number of rotatable bonds is 6. The van der Waals surface area contributed by atoms with E-state index in [1.807, 2.05) is 18.2 Å². The van der Waals surface area contributed by atoms with Crippen molar-refractivity contribution in [3.8, 4) is 0 Å². The van der Waals surface area contributed by atoms with Gasteiger partial charge in [-0.05, 0) is 42.2 Å². The van der Waals surface area contributed by atoms with Crippen LogP contribution in [0.1, 0.15) is 63.0 Å². The first kappa shape index (κ1) is 28.1. The Bertz CT molecular complexity index is 1340. The Morgan fingerprint density at radius 3 is 2.00 bits per heavy atom. The van der Waals surface area contributed by atoms with Crippen molar-refractivity contribution in [3.63, 3.8) is 0 Å². The second-order valence-electron chi connectivity index (χ2n) is 10.9. The lowest BCUT2D eigenvalue weighted by Gasteiger charge is -2.20. The van der Waals surface area contributed by atoms with Gasteiger partial charge in [0.1, 0.15) is 5.82 Å². The third kappa shape index (κ3) is 6.83. The molecule has 37 heavy (non-hydrogen) atoms. The van der Waals surface area contributed by atoms with E-state index in [0.717, 1.165) is 11.1 Å². The standard InChI is InChI=1S/C28H33ClN4O4/c1-27(2,3)24(35)31-22-20-19(30-26(32-22)33-25(36)28(4,5)6)15-14-17(21(20)29)11-8-16-9-12-18(13-10-16)23(34)37-7/h9-10,12-15H,8,11H2,1-7H3,(H2,30,31,32,33,35,36). The van der Waals surface area contributed by atoms with E-state index < -0.39 is 10.8 Å². The number of nitrogens with zero attached hydrogens (tertiary/aromatic N) is 2. The van der Waals surface area contributed by atoms with Gasteiger partial charge in [-0.3, -0.25) is 14.9 Å². The average molecular weight is 525 g/mol. The van der Waals surface area contributed by atoms with Gasteiger partial charge in [0.2, 0.25) is 17.8 Å². The maximum atomic E-state index is 12.8. The summed E-state index contributed by atoms with van der Waals surface area (Å²) < 4.78 is 4.75. The highest BCUT2D eigenvalue weighted by Crippen LogP contribution is 2.34. The molecule has 1 aromatic heterocycles. The van der Waals surface area contributed by atoms with Crippen molar-refractivity contribution in [2.75, 3.05) is 17.7 Å². The highest BCUT2D eigenvalue weighted by molar-refractivity contribution is 6.37.